The summed E-state index contributed by atoms with van der Waals surface area (Å²) in [5.41, 5.74) is 2.58. The van der Waals surface area contributed by atoms with Crippen LogP contribution in [0.15, 0.2) is 42.2 Å². The SMILES string of the molecule is C=C1C(O)=Cc2ccccc2C1CCC(=O)O. The van der Waals surface area contributed by atoms with Crippen molar-refractivity contribution in [1.29, 1.82) is 0 Å². The van der Waals surface area contributed by atoms with Crippen LogP contribution >= 0.6 is 0 Å². The molecule has 1 unspecified atom stereocenters. The molecule has 1 aromatic carbocycles. The molecular formula is C14H14O3. The quantitative estimate of drug-likeness (QED) is 0.838. The molecule has 0 amide bonds. The molecule has 88 valence electrons. The van der Waals surface area contributed by atoms with Crippen molar-refractivity contribution in [3.05, 3.63) is 53.3 Å². The Balaban J connectivity index is 2.34. The third kappa shape index (κ3) is 2.23. The van der Waals surface area contributed by atoms with Crippen molar-refractivity contribution in [2.24, 2.45) is 0 Å². The van der Waals surface area contributed by atoms with Crippen LogP contribution in [0.1, 0.15) is 29.9 Å². The Morgan fingerprint density at radius 1 is 1.35 bits per heavy atom. The molecule has 3 heteroatoms. The van der Waals surface area contributed by atoms with Gasteiger partial charge in [0.1, 0.15) is 5.76 Å². The lowest BCUT2D eigenvalue weighted by Crippen LogP contribution is -2.12. The molecular weight excluding hydrogens is 216 g/mol. The van der Waals surface area contributed by atoms with E-state index >= 15 is 0 Å². The van der Waals surface area contributed by atoms with Gasteiger partial charge in [0.25, 0.3) is 0 Å². The molecule has 0 radical (unpaired) electrons. The summed E-state index contributed by atoms with van der Waals surface area (Å²) in [5, 5.41) is 18.5. The highest BCUT2D eigenvalue weighted by Crippen LogP contribution is 2.38. The van der Waals surface area contributed by atoms with E-state index in [2.05, 4.69) is 6.58 Å². The highest BCUT2D eigenvalue weighted by Gasteiger charge is 2.24. The Bertz CT molecular complexity index is 500. The maximum atomic E-state index is 10.6. The molecule has 2 N–H and O–H groups in total. The largest absolute Gasteiger partial charge is 0.508 e. The van der Waals surface area contributed by atoms with E-state index < -0.39 is 5.97 Å². The van der Waals surface area contributed by atoms with Crippen LogP contribution in [0, 0.1) is 0 Å². The van der Waals surface area contributed by atoms with Gasteiger partial charge in [-0.25, -0.2) is 0 Å². The van der Waals surface area contributed by atoms with Crippen molar-refractivity contribution in [3.8, 4) is 0 Å². The van der Waals surface area contributed by atoms with Gasteiger partial charge in [-0.15, -0.1) is 0 Å². The molecule has 1 aliphatic carbocycles. The number of allylic oxidation sites excluding steroid dienone is 1. The molecule has 1 aliphatic rings. The van der Waals surface area contributed by atoms with Gasteiger partial charge >= 0.3 is 5.97 Å². The normalized spacial score (nSPS) is 18.5. The van der Waals surface area contributed by atoms with E-state index in [9.17, 15) is 9.90 Å². The lowest BCUT2D eigenvalue weighted by Gasteiger charge is -2.25. The van der Waals surface area contributed by atoms with Crippen molar-refractivity contribution < 1.29 is 15.0 Å². The number of carboxylic acid groups (broad SMARTS) is 1. The Morgan fingerprint density at radius 3 is 2.76 bits per heavy atom. The fraction of sp³-hybridized carbons (Fsp3) is 0.214. The number of aliphatic hydroxyl groups is 1. The fourth-order valence-electron chi connectivity index (χ4n) is 2.16. The van der Waals surface area contributed by atoms with Crippen LogP contribution in [-0.2, 0) is 4.79 Å². The molecule has 1 aromatic rings. The van der Waals surface area contributed by atoms with E-state index in [-0.39, 0.29) is 18.1 Å². The molecule has 0 saturated heterocycles. The van der Waals surface area contributed by atoms with Crippen molar-refractivity contribution in [1.82, 2.24) is 0 Å². The Morgan fingerprint density at radius 2 is 2.06 bits per heavy atom. The summed E-state index contributed by atoms with van der Waals surface area (Å²) >= 11 is 0. The molecule has 0 fully saturated rings. The maximum Gasteiger partial charge on any atom is 0.303 e. The van der Waals surface area contributed by atoms with Crippen molar-refractivity contribution in [3.63, 3.8) is 0 Å². The Hall–Kier alpha value is -2.03. The zero-order chi connectivity index (χ0) is 12.4. The first-order chi connectivity index (χ1) is 8.09. The average Bonchev–Trinajstić information content (AvgIpc) is 2.29. The number of fused-ring (bicyclic) bond motifs is 1. The zero-order valence-electron chi connectivity index (χ0n) is 9.39. The molecule has 0 aliphatic heterocycles. The van der Waals surface area contributed by atoms with Crippen LogP contribution in [0.2, 0.25) is 0 Å². The number of aliphatic carboxylic acids is 1. The summed E-state index contributed by atoms with van der Waals surface area (Å²) in [5.74, 6) is -0.782. The lowest BCUT2D eigenvalue weighted by atomic mass is 9.80. The average molecular weight is 230 g/mol. The van der Waals surface area contributed by atoms with Crippen LogP contribution < -0.4 is 0 Å². The number of rotatable bonds is 3. The molecule has 1 atom stereocenters. The predicted octanol–water partition coefficient (Wildman–Crippen LogP) is 3.10. The summed E-state index contributed by atoms with van der Waals surface area (Å²) in [6.45, 7) is 3.84. The van der Waals surface area contributed by atoms with Crippen LogP contribution in [0.25, 0.3) is 6.08 Å². The van der Waals surface area contributed by atoms with E-state index in [1.54, 1.807) is 6.08 Å². The van der Waals surface area contributed by atoms with E-state index in [0.717, 1.165) is 11.1 Å². The summed E-state index contributed by atoms with van der Waals surface area (Å²) in [4.78, 5) is 10.6. The third-order valence-corrected chi connectivity index (χ3v) is 3.06. The van der Waals surface area contributed by atoms with Gasteiger partial charge in [-0.1, -0.05) is 30.8 Å². The van der Waals surface area contributed by atoms with Crippen molar-refractivity contribution in [2.45, 2.75) is 18.8 Å². The third-order valence-electron chi connectivity index (χ3n) is 3.06. The second-order valence-electron chi connectivity index (χ2n) is 4.17. The number of aliphatic hydroxyl groups excluding tert-OH is 1. The Kier molecular flexibility index (Phi) is 3.00. The minimum atomic E-state index is -0.829. The minimum absolute atomic E-state index is 0.0747. The van der Waals surface area contributed by atoms with E-state index in [1.807, 2.05) is 24.3 Å². The van der Waals surface area contributed by atoms with Gasteiger partial charge in [0.2, 0.25) is 0 Å². The smallest absolute Gasteiger partial charge is 0.303 e. The number of benzene rings is 1. The van der Waals surface area contributed by atoms with Crippen LogP contribution in [0.5, 0.6) is 0 Å². The first-order valence-corrected chi connectivity index (χ1v) is 5.50. The molecule has 0 bridgehead atoms. The zero-order valence-corrected chi connectivity index (χ0v) is 9.39. The summed E-state index contributed by atoms with van der Waals surface area (Å²) in [6.07, 6.45) is 2.21. The molecule has 0 saturated carbocycles. The van der Waals surface area contributed by atoms with Gasteiger partial charge in [-0.05, 0) is 29.2 Å². The highest BCUT2D eigenvalue weighted by atomic mass is 16.4. The first-order valence-electron chi connectivity index (χ1n) is 5.50. The monoisotopic (exact) mass is 230 g/mol. The molecule has 2 rings (SSSR count). The van der Waals surface area contributed by atoms with E-state index in [4.69, 9.17) is 5.11 Å². The molecule has 17 heavy (non-hydrogen) atoms. The van der Waals surface area contributed by atoms with E-state index in [1.165, 1.54) is 0 Å². The van der Waals surface area contributed by atoms with E-state index in [0.29, 0.717) is 12.0 Å². The number of hydrogen-bond donors (Lipinski definition) is 2. The van der Waals surface area contributed by atoms with Gasteiger partial charge < -0.3 is 10.2 Å². The lowest BCUT2D eigenvalue weighted by molar-refractivity contribution is -0.137. The van der Waals surface area contributed by atoms with Gasteiger partial charge in [0.15, 0.2) is 0 Å². The van der Waals surface area contributed by atoms with Crippen molar-refractivity contribution >= 4 is 12.0 Å². The number of hydrogen-bond acceptors (Lipinski definition) is 2. The minimum Gasteiger partial charge on any atom is -0.508 e. The number of carbonyl (C=O) groups is 1. The molecule has 0 aromatic heterocycles. The first kappa shape index (κ1) is 11.5. The highest BCUT2D eigenvalue weighted by molar-refractivity contribution is 5.69. The molecule has 0 heterocycles. The Labute approximate surface area is 99.7 Å². The molecule has 0 spiro atoms. The van der Waals surface area contributed by atoms with Crippen LogP contribution in [-0.4, -0.2) is 16.2 Å². The second-order valence-corrected chi connectivity index (χ2v) is 4.17. The van der Waals surface area contributed by atoms with Gasteiger partial charge in [-0.3, -0.25) is 4.79 Å². The van der Waals surface area contributed by atoms with Crippen LogP contribution in [0.3, 0.4) is 0 Å². The fourth-order valence-corrected chi connectivity index (χ4v) is 2.16. The summed E-state index contributed by atoms with van der Waals surface area (Å²) in [6, 6.07) is 7.67. The summed E-state index contributed by atoms with van der Waals surface area (Å²) < 4.78 is 0. The number of carboxylic acids is 1. The van der Waals surface area contributed by atoms with Gasteiger partial charge in [0, 0.05) is 12.3 Å². The van der Waals surface area contributed by atoms with Crippen LogP contribution in [0.4, 0.5) is 0 Å². The predicted molar refractivity (Wildman–Crippen MR) is 65.8 cm³/mol. The summed E-state index contributed by atoms with van der Waals surface area (Å²) in [7, 11) is 0. The topological polar surface area (TPSA) is 57.5 Å². The van der Waals surface area contributed by atoms with Gasteiger partial charge in [-0.2, -0.15) is 0 Å². The van der Waals surface area contributed by atoms with Crippen molar-refractivity contribution in [2.75, 3.05) is 0 Å². The van der Waals surface area contributed by atoms with Gasteiger partial charge in [0.05, 0.1) is 0 Å². The molecule has 3 nitrogen and oxygen atoms in total. The maximum absolute atomic E-state index is 10.6. The standard InChI is InChI=1S/C14H14O3/c1-9-11(6-7-14(16)17)12-5-3-2-4-10(12)8-13(9)15/h2-5,8,11,15H,1,6-7H2,(H,16,17). The second kappa shape index (κ2) is 4.45.